The summed E-state index contributed by atoms with van der Waals surface area (Å²) in [5.74, 6) is 0.864. The molecule has 2 nitrogen and oxygen atoms in total. The maximum Gasteiger partial charge on any atom is 0.0517 e. The molecule has 3 fully saturated rings. The summed E-state index contributed by atoms with van der Waals surface area (Å²) < 4.78 is 1.21. The standard InChI is InChI=1S/C15H21BrN2/c1-10-7-11(2)15(13(16)8-10)17-14-9-18-5-3-12(14)4-6-18/h7-8,12,14,17H,3-6,9H2,1-2H3. The number of hydrogen-bond donors (Lipinski definition) is 1. The van der Waals surface area contributed by atoms with E-state index < -0.39 is 0 Å². The van der Waals surface area contributed by atoms with Crippen molar-refractivity contribution in [3.05, 3.63) is 27.7 Å². The Morgan fingerprint density at radius 3 is 2.50 bits per heavy atom. The van der Waals surface area contributed by atoms with Crippen LogP contribution in [0.15, 0.2) is 16.6 Å². The van der Waals surface area contributed by atoms with E-state index >= 15 is 0 Å². The molecule has 0 aliphatic carbocycles. The van der Waals surface area contributed by atoms with Gasteiger partial charge in [-0.2, -0.15) is 0 Å². The van der Waals surface area contributed by atoms with Gasteiger partial charge in [0.1, 0.15) is 0 Å². The van der Waals surface area contributed by atoms with Crippen LogP contribution < -0.4 is 5.32 Å². The first-order valence-corrected chi connectivity index (χ1v) is 7.68. The maximum absolute atomic E-state index is 3.79. The Kier molecular flexibility index (Phi) is 3.37. The second-order valence-corrected chi connectivity index (χ2v) is 6.68. The summed E-state index contributed by atoms with van der Waals surface area (Å²) in [5, 5.41) is 3.79. The van der Waals surface area contributed by atoms with Gasteiger partial charge in [-0.15, -0.1) is 0 Å². The van der Waals surface area contributed by atoms with E-state index in [1.807, 2.05) is 0 Å². The van der Waals surface area contributed by atoms with Crippen LogP contribution in [0.4, 0.5) is 5.69 Å². The first-order chi connectivity index (χ1) is 8.63. The fourth-order valence-corrected chi connectivity index (χ4v) is 4.20. The van der Waals surface area contributed by atoms with Gasteiger partial charge in [-0.1, -0.05) is 6.07 Å². The molecular formula is C15H21BrN2. The van der Waals surface area contributed by atoms with E-state index in [0.717, 1.165) is 5.92 Å². The zero-order valence-electron chi connectivity index (χ0n) is 11.2. The molecule has 18 heavy (non-hydrogen) atoms. The number of fused-ring (bicyclic) bond motifs is 3. The molecule has 98 valence electrons. The van der Waals surface area contributed by atoms with Crippen molar-refractivity contribution >= 4 is 21.6 Å². The molecule has 1 N–H and O–H groups in total. The first kappa shape index (κ1) is 12.5. The zero-order chi connectivity index (χ0) is 12.7. The number of rotatable bonds is 2. The van der Waals surface area contributed by atoms with Crippen LogP contribution in [0, 0.1) is 19.8 Å². The molecule has 1 aromatic carbocycles. The van der Waals surface area contributed by atoms with Crippen molar-refractivity contribution in [3.8, 4) is 0 Å². The molecule has 2 bridgehead atoms. The maximum atomic E-state index is 3.79. The van der Waals surface area contributed by atoms with Crippen molar-refractivity contribution in [1.82, 2.24) is 4.90 Å². The first-order valence-electron chi connectivity index (χ1n) is 6.89. The largest absolute Gasteiger partial charge is 0.380 e. The average molecular weight is 309 g/mol. The molecule has 1 aromatic rings. The van der Waals surface area contributed by atoms with Gasteiger partial charge in [-0.3, -0.25) is 0 Å². The van der Waals surface area contributed by atoms with Gasteiger partial charge >= 0.3 is 0 Å². The Bertz CT molecular complexity index is 427. The summed E-state index contributed by atoms with van der Waals surface area (Å²) in [7, 11) is 0. The number of hydrogen-bond acceptors (Lipinski definition) is 2. The molecule has 4 rings (SSSR count). The zero-order valence-corrected chi connectivity index (χ0v) is 12.8. The van der Waals surface area contributed by atoms with Crippen LogP contribution in [-0.2, 0) is 0 Å². The lowest BCUT2D eigenvalue weighted by Gasteiger charge is -2.45. The van der Waals surface area contributed by atoms with Gasteiger partial charge in [-0.25, -0.2) is 0 Å². The van der Waals surface area contributed by atoms with Crippen LogP contribution >= 0.6 is 15.9 Å². The third-order valence-electron chi connectivity index (χ3n) is 4.42. The van der Waals surface area contributed by atoms with Gasteiger partial charge in [0.2, 0.25) is 0 Å². The summed E-state index contributed by atoms with van der Waals surface area (Å²) in [4.78, 5) is 2.59. The van der Waals surface area contributed by atoms with Crippen molar-refractivity contribution in [2.45, 2.75) is 32.7 Å². The topological polar surface area (TPSA) is 15.3 Å². The predicted octanol–water partition coefficient (Wildman–Crippen LogP) is 3.57. The van der Waals surface area contributed by atoms with Crippen LogP contribution in [0.25, 0.3) is 0 Å². The Labute approximate surface area is 118 Å². The molecule has 3 heteroatoms. The summed E-state index contributed by atoms with van der Waals surface area (Å²) in [5.41, 5.74) is 3.96. The number of halogens is 1. The van der Waals surface area contributed by atoms with Crippen molar-refractivity contribution in [2.24, 2.45) is 5.92 Å². The second kappa shape index (κ2) is 4.86. The van der Waals surface area contributed by atoms with E-state index in [2.05, 4.69) is 52.1 Å². The van der Waals surface area contributed by atoms with Gasteiger partial charge in [0, 0.05) is 17.1 Å². The summed E-state index contributed by atoms with van der Waals surface area (Å²) in [6.45, 7) is 8.16. The lowest BCUT2D eigenvalue weighted by atomic mass is 9.84. The van der Waals surface area contributed by atoms with Crippen molar-refractivity contribution < 1.29 is 0 Å². The Hall–Kier alpha value is -0.540. The lowest BCUT2D eigenvalue weighted by molar-refractivity contribution is 0.0975. The van der Waals surface area contributed by atoms with Crippen LogP contribution in [0.1, 0.15) is 24.0 Å². The quantitative estimate of drug-likeness (QED) is 0.898. The number of piperidine rings is 3. The molecule has 0 amide bonds. The third-order valence-corrected chi connectivity index (χ3v) is 5.04. The molecule has 3 heterocycles. The highest BCUT2D eigenvalue weighted by Gasteiger charge is 2.34. The van der Waals surface area contributed by atoms with Gasteiger partial charge < -0.3 is 10.2 Å². The van der Waals surface area contributed by atoms with Crippen LogP contribution in [0.5, 0.6) is 0 Å². The molecule has 0 aromatic heterocycles. The van der Waals surface area contributed by atoms with E-state index in [-0.39, 0.29) is 0 Å². The highest BCUT2D eigenvalue weighted by Crippen LogP contribution is 2.33. The number of nitrogens with one attached hydrogen (secondary N) is 1. The van der Waals surface area contributed by atoms with E-state index in [1.165, 1.54) is 53.8 Å². The minimum atomic E-state index is 0.630. The minimum absolute atomic E-state index is 0.630. The number of nitrogens with zero attached hydrogens (tertiary/aromatic N) is 1. The molecule has 1 atom stereocenters. The summed E-state index contributed by atoms with van der Waals surface area (Å²) >= 11 is 3.70. The number of benzene rings is 1. The van der Waals surface area contributed by atoms with E-state index in [1.54, 1.807) is 0 Å². The highest BCUT2D eigenvalue weighted by atomic mass is 79.9. The molecule has 3 aliphatic heterocycles. The Morgan fingerprint density at radius 1 is 1.22 bits per heavy atom. The van der Waals surface area contributed by atoms with Gasteiger partial charge in [-0.05, 0) is 78.8 Å². The van der Waals surface area contributed by atoms with Gasteiger partial charge in [0.25, 0.3) is 0 Å². The Balaban J connectivity index is 1.81. The van der Waals surface area contributed by atoms with Crippen molar-refractivity contribution in [3.63, 3.8) is 0 Å². The van der Waals surface area contributed by atoms with Crippen LogP contribution in [0.3, 0.4) is 0 Å². The monoisotopic (exact) mass is 308 g/mol. The number of aryl methyl sites for hydroxylation is 2. The fourth-order valence-electron chi connectivity index (χ4n) is 3.41. The van der Waals surface area contributed by atoms with Crippen LogP contribution in [0.2, 0.25) is 0 Å². The molecule has 0 radical (unpaired) electrons. The Morgan fingerprint density at radius 2 is 1.94 bits per heavy atom. The molecule has 0 saturated carbocycles. The van der Waals surface area contributed by atoms with E-state index in [9.17, 15) is 0 Å². The summed E-state index contributed by atoms with van der Waals surface area (Å²) in [6.07, 6.45) is 2.72. The smallest absolute Gasteiger partial charge is 0.0517 e. The predicted molar refractivity (Wildman–Crippen MR) is 80.2 cm³/mol. The second-order valence-electron chi connectivity index (χ2n) is 5.83. The molecular weight excluding hydrogens is 288 g/mol. The molecule has 3 saturated heterocycles. The third kappa shape index (κ3) is 2.30. The van der Waals surface area contributed by atoms with E-state index in [4.69, 9.17) is 0 Å². The van der Waals surface area contributed by atoms with E-state index in [0.29, 0.717) is 6.04 Å². The van der Waals surface area contributed by atoms with Gasteiger partial charge in [0.15, 0.2) is 0 Å². The SMILES string of the molecule is Cc1cc(C)c(NC2CN3CCC2CC3)c(Br)c1. The van der Waals surface area contributed by atoms with Crippen LogP contribution in [-0.4, -0.2) is 30.6 Å². The summed E-state index contributed by atoms with van der Waals surface area (Å²) in [6, 6.07) is 5.09. The van der Waals surface area contributed by atoms with Crippen molar-refractivity contribution in [1.29, 1.82) is 0 Å². The highest BCUT2D eigenvalue weighted by molar-refractivity contribution is 9.10. The number of anilines is 1. The normalized spacial score (nSPS) is 30.5. The fraction of sp³-hybridized carbons (Fsp3) is 0.600. The average Bonchev–Trinajstić information content (AvgIpc) is 2.35. The lowest BCUT2D eigenvalue weighted by Crippen LogP contribution is -2.53. The molecule has 3 aliphatic rings. The minimum Gasteiger partial charge on any atom is -0.380 e. The molecule has 0 spiro atoms. The van der Waals surface area contributed by atoms with Crippen molar-refractivity contribution in [2.75, 3.05) is 25.0 Å². The van der Waals surface area contributed by atoms with Gasteiger partial charge in [0.05, 0.1) is 5.69 Å². The molecule has 1 unspecified atom stereocenters.